The molecule has 1 atom stereocenters. The zero-order valence-electron chi connectivity index (χ0n) is 19.7. The molecule has 7 heteroatoms. The number of carbonyl (C=O) groups excluding carboxylic acids is 1. The molecule has 33 heavy (non-hydrogen) atoms. The van der Waals surface area contributed by atoms with Gasteiger partial charge >= 0.3 is 0 Å². The second kappa shape index (κ2) is 10.1. The number of carbonyl (C=O) groups is 1. The maximum Gasteiger partial charge on any atom is 0.238 e. The summed E-state index contributed by atoms with van der Waals surface area (Å²) in [5.41, 5.74) is 4.48. The van der Waals surface area contributed by atoms with E-state index >= 15 is 0 Å². The number of anilines is 1. The lowest BCUT2D eigenvalue weighted by Gasteiger charge is -2.23. The van der Waals surface area contributed by atoms with E-state index in [4.69, 9.17) is 9.47 Å². The Kier molecular flexibility index (Phi) is 6.99. The van der Waals surface area contributed by atoms with Crippen LogP contribution in [0.15, 0.2) is 48.5 Å². The molecule has 0 fully saturated rings. The molecule has 1 amide bonds. The summed E-state index contributed by atoms with van der Waals surface area (Å²) in [5.74, 6) is 1.72. The number of benzene rings is 2. The molecule has 0 unspecified atom stereocenters. The highest BCUT2D eigenvalue weighted by atomic mass is 16.5. The summed E-state index contributed by atoms with van der Waals surface area (Å²) in [4.78, 5) is 12.8. The molecule has 0 saturated heterocycles. The largest absolute Gasteiger partial charge is 0.490 e. The standard InChI is InChI=1S/C26H32N4O3/c1-17(2)25(20-11-12-22-23(15-20)33-14-8-13-32-22)27-16-24(31)28-26-18(3)29-30(19(26)4)21-9-6-5-7-10-21/h5-7,9-12,15,17,25,27H,8,13-14,16H2,1-4H3,(H,28,31)/t25-/m1/s1. The molecule has 4 rings (SSSR count). The van der Waals surface area contributed by atoms with Crippen molar-refractivity contribution in [2.75, 3.05) is 25.1 Å². The average Bonchev–Trinajstić information content (AvgIpc) is 2.96. The number of aromatic nitrogens is 2. The van der Waals surface area contributed by atoms with Crippen LogP contribution in [0.4, 0.5) is 5.69 Å². The van der Waals surface area contributed by atoms with Crippen molar-refractivity contribution in [1.82, 2.24) is 15.1 Å². The fraction of sp³-hybridized carbons (Fsp3) is 0.385. The molecule has 0 spiro atoms. The number of rotatable bonds is 7. The Morgan fingerprint density at radius 1 is 1.06 bits per heavy atom. The van der Waals surface area contributed by atoms with Gasteiger partial charge in [-0.3, -0.25) is 4.79 Å². The van der Waals surface area contributed by atoms with E-state index in [1.165, 1.54) is 0 Å². The van der Waals surface area contributed by atoms with Crippen molar-refractivity contribution < 1.29 is 14.3 Å². The molecule has 2 aromatic carbocycles. The monoisotopic (exact) mass is 448 g/mol. The van der Waals surface area contributed by atoms with E-state index in [0.29, 0.717) is 13.2 Å². The maximum absolute atomic E-state index is 12.8. The smallest absolute Gasteiger partial charge is 0.238 e. The molecule has 7 nitrogen and oxygen atoms in total. The number of ether oxygens (including phenoxy) is 2. The zero-order chi connectivity index (χ0) is 23.4. The van der Waals surface area contributed by atoms with E-state index in [-0.39, 0.29) is 24.4 Å². The molecule has 3 aromatic rings. The maximum atomic E-state index is 12.8. The van der Waals surface area contributed by atoms with Crippen molar-refractivity contribution in [3.63, 3.8) is 0 Å². The molecule has 0 bridgehead atoms. The van der Waals surface area contributed by atoms with Crippen LogP contribution in [0.2, 0.25) is 0 Å². The lowest BCUT2D eigenvalue weighted by atomic mass is 9.95. The molecule has 174 valence electrons. The topological polar surface area (TPSA) is 77.4 Å². The van der Waals surface area contributed by atoms with Crippen LogP contribution in [0.25, 0.3) is 5.69 Å². The number of hydrogen-bond acceptors (Lipinski definition) is 5. The molecular weight excluding hydrogens is 416 g/mol. The third-order valence-electron chi connectivity index (χ3n) is 5.84. The van der Waals surface area contributed by atoms with Gasteiger partial charge in [-0.05, 0) is 49.6 Å². The Balaban J connectivity index is 1.44. The Morgan fingerprint density at radius 2 is 1.79 bits per heavy atom. The first-order chi connectivity index (χ1) is 15.9. The van der Waals surface area contributed by atoms with E-state index in [9.17, 15) is 4.79 Å². The number of nitrogens with zero attached hydrogens (tertiary/aromatic N) is 2. The van der Waals surface area contributed by atoms with Gasteiger partial charge in [0, 0.05) is 12.5 Å². The minimum absolute atomic E-state index is 0.00198. The lowest BCUT2D eigenvalue weighted by molar-refractivity contribution is -0.115. The van der Waals surface area contributed by atoms with Crippen LogP contribution in [0.5, 0.6) is 11.5 Å². The normalized spacial score (nSPS) is 14.1. The van der Waals surface area contributed by atoms with Gasteiger partial charge in [-0.2, -0.15) is 5.10 Å². The number of para-hydroxylation sites is 1. The first-order valence-corrected chi connectivity index (χ1v) is 11.5. The third-order valence-corrected chi connectivity index (χ3v) is 5.84. The summed E-state index contributed by atoms with van der Waals surface area (Å²) in [6, 6.07) is 15.9. The van der Waals surface area contributed by atoms with E-state index in [1.807, 2.05) is 67.1 Å². The summed E-state index contributed by atoms with van der Waals surface area (Å²) >= 11 is 0. The first kappa shape index (κ1) is 22.9. The highest BCUT2D eigenvalue weighted by Crippen LogP contribution is 2.34. The molecule has 0 radical (unpaired) electrons. The number of hydrogen-bond donors (Lipinski definition) is 2. The van der Waals surface area contributed by atoms with Gasteiger partial charge in [0.05, 0.1) is 42.5 Å². The summed E-state index contributed by atoms with van der Waals surface area (Å²) in [6.07, 6.45) is 0.871. The Labute approximate surface area is 195 Å². The summed E-state index contributed by atoms with van der Waals surface area (Å²) in [6.45, 7) is 9.64. The van der Waals surface area contributed by atoms with Crippen LogP contribution in [0.1, 0.15) is 43.3 Å². The summed E-state index contributed by atoms with van der Waals surface area (Å²) < 4.78 is 13.4. The molecular formula is C26H32N4O3. The van der Waals surface area contributed by atoms with Crippen molar-refractivity contribution in [2.24, 2.45) is 5.92 Å². The van der Waals surface area contributed by atoms with Gasteiger partial charge in [0.25, 0.3) is 0 Å². The molecule has 1 aromatic heterocycles. The van der Waals surface area contributed by atoms with Crippen LogP contribution in [-0.4, -0.2) is 35.4 Å². The minimum Gasteiger partial charge on any atom is -0.490 e. The highest BCUT2D eigenvalue weighted by Gasteiger charge is 2.21. The number of nitrogens with one attached hydrogen (secondary N) is 2. The van der Waals surface area contributed by atoms with E-state index in [2.05, 4.69) is 29.6 Å². The van der Waals surface area contributed by atoms with E-state index < -0.39 is 0 Å². The zero-order valence-corrected chi connectivity index (χ0v) is 19.7. The summed E-state index contributed by atoms with van der Waals surface area (Å²) in [5, 5.41) is 11.1. The predicted octanol–water partition coefficient (Wildman–Crippen LogP) is 4.58. The number of amides is 1. The van der Waals surface area contributed by atoms with Gasteiger partial charge in [0.2, 0.25) is 5.91 Å². The molecule has 1 aliphatic heterocycles. The second-order valence-electron chi connectivity index (χ2n) is 8.70. The summed E-state index contributed by atoms with van der Waals surface area (Å²) in [7, 11) is 0. The van der Waals surface area contributed by atoms with Crippen molar-refractivity contribution in [3.05, 3.63) is 65.5 Å². The van der Waals surface area contributed by atoms with Crippen LogP contribution >= 0.6 is 0 Å². The van der Waals surface area contributed by atoms with Crippen molar-refractivity contribution in [2.45, 2.75) is 40.2 Å². The van der Waals surface area contributed by atoms with Gasteiger partial charge in [0.15, 0.2) is 11.5 Å². The third kappa shape index (κ3) is 5.20. The van der Waals surface area contributed by atoms with Crippen molar-refractivity contribution in [1.29, 1.82) is 0 Å². The van der Waals surface area contributed by atoms with Gasteiger partial charge in [-0.15, -0.1) is 0 Å². The van der Waals surface area contributed by atoms with Gasteiger partial charge < -0.3 is 20.1 Å². The first-order valence-electron chi connectivity index (χ1n) is 11.5. The Morgan fingerprint density at radius 3 is 2.52 bits per heavy atom. The Bertz CT molecular complexity index is 1110. The van der Waals surface area contributed by atoms with Crippen LogP contribution in [0.3, 0.4) is 0 Å². The van der Waals surface area contributed by atoms with Crippen LogP contribution < -0.4 is 20.1 Å². The van der Waals surface area contributed by atoms with Crippen LogP contribution in [0, 0.1) is 19.8 Å². The average molecular weight is 449 g/mol. The SMILES string of the molecule is Cc1nn(-c2ccccc2)c(C)c1NC(=O)CN[C@@H](c1ccc2c(c1)OCCCO2)C(C)C. The number of fused-ring (bicyclic) bond motifs is 1. The molecule has 2 N–H and O–H groups in total. The quantitative estimate of drug-likeness (QED) is 0.553. The van der Waals surface area contributed by atoms with Crippen LogP contribution in [-0.2, 0) is 4.79 Å². The number of aryl methyl sites for hydroxylation is 1. The fourth-order valence-electron chi connectivity index (χ4n) is 4.14. The highest BCUT2D eigenvalue weighted by molar-refractivity contribution is 5.93. The van der Waals surface area contributed by atoms with Gasteiger partial charge in [0.1, 0.15) is 0 Å². The molecule has 0 saturated carbocycles. The van der Waals surface area contributed by atoms with Crippen molar-refractivity contribution in [3.8, 4) is 17.2 Å². The molecule has 0 aliphatic carbocycles. The Hall–Kier alpha value is -3.32. The fourth-order valence-corrected chi connectivity index (χ4v) is 4.14. The lowest BCUT2D eigenvalue weighted by Crippen LogP contribution is -2.33. The minimum atomic E-state index is -0.103. The molecule has 2 heterocycles. The van der Waals surface area contributed by atoms with E-state index in [1.54, 1.807) is 0 Å². The van der Waals surface area contributed by atoms with Crippen molar-refractivity contribution >= 4 is 11.6 Å². The predicted molar refractivity (Wildman–Crippen MR) is 129 cm³/mol. The molecule has 1 aliphatic rings. The van der Waals surface area contributed by atoms with E-state index in [0.717, 1.165) is 46.2 Å². The second-order valence-corrected chi connectivity index (χ2v) is 8.70. The van der Waals surface area contributed by atoms with Gasteiger partial charge in [-0.25, -0.2) is 4.68 Å². The van der Waals surface area contributed by atoms with Gasteiger partial charge in [-0.1, -0.05) is 38.1 Å².